The summed E-state index contributed by atoms with van der Waals surface area (Å²) in [5.41, 5.74) is 5.79. The Hall–Kier alpha value is -1.90. The molecule has 0 amide bonds. The van der Waals surface area contributed by atoms with Crippen molar-refractivity contribution in [3.8, 4) is 5.75 Å². The van der Waals surface area contributed by atoms with E-state index in [1.54, 1.807) is 19.2 Å². The van der Waals surface area contributed by atoms with Crippen LogP contribution in [0.3, 0.4) is 0 Å². The van der Waals surface area contributed by atoms with Gasteiger partial charge in [-0.2, -0.15) is 0 Å². The van der Waals surface area contributed by atoms with Crippen LogP contribution in [-0.4, -0.2) is 62.8 Å². The van der Waals surface area contributed by atoms with Gasteiger partial charge in [0.2, 0.25) is 0 Å². The van der Waals surface area contributed by atoms with Gasteiger partial charge in [-0.1, -0.05) is 5.16 Å². The molecule has 8 nitrogen and oxygen atoms in total. The molecule has 21 heavy (non-hydrogen) atoms. The van der Waals surface area contributed by atoms with Gasteiger partial charge in [0.1, 0.15) is 18.1 Å². The Balaban J connectivity index is 2.13. The second-order valence-corrected chi connectivity index (χ2v) is 3.93. The van der Waals surface area contributed by atoms with Crippen molar-refractivity contribution in [3.05, 3.63) is 24.0 Å². The summed E-state index contributed by atoms with van der Waals surface area (Å²) < 4.78 is 20.9. The molecule has 0 radical (unpaired) electrons. The Kier molecular flexibility index (Phi) is 8.85. The lowest BCUT2D eigenvalue weighted by Crippen LogP contribution is -2.15. The largest absolute Gasteiger partial charge is 0.491 e. The number of rotatable bonds is 11. The molecule has 0 bridgehead atoms. The third kappa shape index (κ3) is 7.45. The van der Waals surface area contributed by atoms with E-state index in [1.807, 2.05) is 0 Å². The maximum absolute atomic E-state index is 8.57. The molecule has 0 atom stereocenters. The van der Waals surface area contributed by atoms with E-state index in [0.29, 0.717) is 51.1 Å². The highest BCUT2D eigenvalue weighted by atomic mass is 16.6. The quantitative estimate of drug-likeness (QED) is 0.198. The molecule has 0 aromatic carbocycles. The number of pyridine rings is 1. The van der Waals surface area contributed by atoms with Crippen LogP contribution in [0.5, 0.6) is 5.75 Å². The predicted molar refractivity (Wildman–Crippen MR) is 75.8 cm³/mol. The van der Waals surface area contributed by atoms with Gasteiger partial charge < -0.3 is 29.9 Å². The molecule has 1 aromatic rings. The summed E-state index contributed by atoms with van der Waals surface area (Å²) in [6.07, 6.45) is 1.52. The summed E-state index contributed by atoms with van der Waals surface area (Å²) in [7, 11) is 1.63. The number of hydrogen-bond acceptors (Lipinski definition) is 7. The van der Waals surface area contributed by atoms with Crippen molar-refractivity contribution in [2.75, 3.05) is 46.8 Å². The van der Waals surface area contributed by atoms with Gasteiger partial charge in [-0.25, -0.2) is 0 Å². The zero-order chi connectivity index (χ0) is 15.3. The summed E-state index contributed by atoms with van der Waals surface area (Å²) in [6.45, 7) is 2.98. The number of aromatic nitrogens is 1. The smallest absolute Gasteiger partial charge is 0.188 e. The van der Waals surface area contributed by atoms with E-state index in [1.165, 1.54) is 6.20 Å². The lowest BCUT2D eigenvalue weighted by molar-refractivity contribution is 0.0179. The lowest BCUT2D eigenvalue weighted by Gasteiger charge is -2.08. The molecular formula is C13H21N3O5. The number of methoxy groups -OCH3 is 1. The highest BCUT2D eigenvalue weighted by molar-refractivity contribution is 5.95. The van der Waals surface area contributed by atoms with Gasteiger partial charge in [-0.3, -0.25) is 4.98 Å². The number of nitrogens with zero attached hydrogens (tertiary/aromatic N) is 2. The molecule has 0 aliphatic heterocycles. The van der Waals surface area contributed by atoms with Gasteiger partial charge in [-0.15, -0.1) is 0 Å². The molecule has 0 aliphatic carbocycles. The number of amidine groups is 1. The van der Waals surface area contributed by atoms with Gasteiger partial charge in [0.15, 0.2) is 5.84 Å². The lowest BCUT2D eigenvalue weighted by atomic mass is 10.3. The minimum atomic E-state index is -0.0649. The summed E-state index contributed by atoms with van der Waals surface area (Å²) >= 11 is 0. The van der Waals surface area contributed by atoms with Crippen LogP contribution >= 0.6 is 0 Å². The normalized spacial score (nSPS) is 11.6. The summed E-state index contributed by atoms with van der Waals surface area (Å²) in [5.74, 6) is 0.511. The monoisotopic (exact) mass is 299 g/mol. The van der Waals surface area contributed by atoms with E-state index < -0.39 is 0 Å². The fourth-order valence-electron chi connectivity index (χ4n) is 1.37. The van der Waals surface area contributed by atoms with Gasteiger partial charge >= 0.3 is 0 Å². The van der Waals surface area contributed by atoms with Crippen LogP contribution in [0, 0.1) is 0 Å². The molecule has 0 aliphatic rings. The molecular weight excluding hydrogens is 278 g/mol. The van der Waals surface area contributed by atoms with Crippen LogP contribution in [0.15, 0.2) is 23.5 Å². The van der Waals surface area contributed by atoms with Crippen molar-refractivity contribution in [1.29, 1.82) is 0 Å². The number of hydrogen-bond donors (Lipinski definition) is 2. The number of nitrogens with two attached hydrogens (primary N) is 1. The third-order valence-corrected chi connectivity index (χ3v) is 2.40. The average Bonchev–Trinajstić information content (AvgIpc) is 2.53. The second-order valence-electron chi connectivity index (χ2n) is 3.93. The maximum Gasteiger partial charge on any atom is 0.188 e. The van der Waals surface area contributed by atoms with Crippen molar-refractivity contribution in [2.45, 2.75) is 0 Å². The Morgan fingerprint density at radius 3 is 2.52 bits per heavy atom. The molecule has 3 N–H and O–H groups in total. The Morgan fingerprint density at radius 2 is 1.86 bits per heavy atom. The van der Waals surface area contributed by atoms with Crippen molar-refractivity contribution >= 4 is 5.84 Å². The van der Waals surface area contributed by atoms with Gasteiger partial charge in [0, 0.05) is 19.4 Å². The van der Waals surface area contributed by atoms with Crippen LogP contribution < -0.4 is 10.5 Å². The molecule has 1 rings (SSSR count). The highest BCUT2D eigenvalue weighted by Crippen LogP contribution is 2.10. The first-order valence-electron chi connectivity index (χ1n) is 6.49. The average molecular weight is 299 g/mol. The SMILES string of the molecule is COCCOCCOCCOc1ccnc(/C(N)=N/O)c1. The zero-order valence-electron chi connectivity index (χ0n) is 12.0. The third-order valence-electron chi connectivity index (χ3n) is 2.40. The molecule has 1 aromatic heterocycles. The molecule has 1 heterocycles. The Morgan fingerprint density at radius 1 is 1.19 bits per heavy atom. The second kappa shape index (κ2) is 10.8. The van der Waals surface area contributed by atoms with Crippen LogP contribution in [0.1, 0.15) is 5.69 Å². The van der Waals surface area contributed by atoms with E-state index in [9.17, 15) is 0 Å². The topological polar surface area (TPSA) is 108 Å². The van der Waals surface area contributed by atoms with Crippen LogP contribution in [0.4, 0.5) is 0 Å². The van der Waals surface area contributed by atoms with Crippen LogP contribution in [-0.2, 0) is 14.2 Å². The van der Waals surface area contributed by atoms with E-state index in [2.05, 4.69) is 10.1 Å². The minimum absolute atomic E-state index is 0.0649. The van der Waals surface area contributed by atoms with Crippen molar-refractivity contribution in [1.82, 2.24) is 4.98 Å². The standard InChI is InChI=1S/C13H21N3O5/c1-18-4-5-19-6-7-20-8-9-21-11-2-3-15-12(10-11)13(14)16-17/h2-3,10,17H,4-9H2,1H3,(H2,14,16). The Labute approximate surface area is 123 Å². The van der Waals surface area contributed by atoms with Crippen LogP contribution in [0.25, 0.3) is 0 Å². The van der Waals surface area contributed by atoms with E-state index in [0.717, 1.165) is 0 Å². The fourth-order valence-corrected chi connectivity index (χ4v) is 1.37. The molecule has 0 spiro atoms. The molecule has 118 valence electrons. The van der Waals surface area contributed by atoms with Crippen molar-refractivity contribution in [3.63, 3.8) is 0 Å². The number of oxime groups is 1. The van der Waals surface area contributed by atoms with E-state index in [4.69, 9.17) is 29.9 Å². The molecule has 0 unspecified atom stereocenters. The minimum Gasteiger partial charge on any atom is -0.491 e. The summed E-state index contributed by atoms with van der Waals surface area (Å²) in [4.78, 5) is 3.95. The Bertz CT molecular complexity index is 428. The van der Waals surface area contributed by atoms with Gasteiger partial charge in [-0.05, 0) is 6.07 Å². The van der Waals surface area contributed by atoms with Gasteiger partial charge in [0.05, 0.1) is 33.0 Å². The maximum atomic E-state index is 8.57. The molecule has 0 saturated heterocycles. The molecule has 0 fully saturated rings. The highest BCUT2D eigenvalue weighted by Gasteiger charge is 2.02. The van der Waals surface area contributed by atoms with E-state index in [-0.39, 0.29) is 5.84 Å². The first-order valence-corrected chi connectivity index (χ1v) is 6.49. The fraction of sp³-hybridized carbons (Fsp3) is 0.538. The predicted octanol–water partition coefficient (Wildman–Crippen LogP) is 0.235. The molecule has 0 saturated carbocycles. The summed E-state index contributed by atoms with van der Waals surface area (Å²) in [5, 5.41) is 11.5. The van der Waals surface area contributed by atoms with E-state index >= 15 is 0 Å². The summed E-state index contributed by atoms with van der Waals surface area (Å²) in [6, 6.07) is 3.27. The van der Waals surface area contributed by atoms with Crippen LogP contribution in [0.2, 0.25) is 0 Å². The van der Waals surface area contributed by atoms with Crippen molar-refractivity contribution in [2.24, 2.45) is 10.9 Å². The first-order chi connectivity index (χ1) is 10.3. The number of ether oxygens (including phenoxy) is 4. The first kappa shape index (κ1) is 17.2. The molecule has 8 heteroatoms. The van der Waals surface area contributed by atoms with Gasteiger partial charge in [0.25, 0.3) is 0 Å². The van der Waals surface area contributed by atoms with Crippen molar-refractivity contribution < 1.29 is 24.2 Å². The zero-order valence-corrected chi connectivity index (χ0v) is 12.0.